The van der Waals surface area contributed by atoms with Crippen molar-refractivity contribution in [3.05, 3.63) is 70.9 Å². The number of nitrogens with one attached hydrogen (secondary N) is 1. The molecule has 1 N–H and O–H groups in total. The predicted molar refractivity (Wildman–Crippen MR) is 92.4 cm³/mol. The minimum Gasteiger partial charge on any atom is -0.355 e. The summed E-state index contributed by atoms with van der Waals surface area (Å²) in [4.78, 5) is 11.6. The van der Waals surface area contributed by atoms with Crippen molar-refractivity contribution in [3.8, 4) is 16.9 Å². The zero-order chi connectivity index (χ0) is 18.9. The topological polar surface area (TPSA) is 46.9 Å². The number of carbonyl (C=O) groups is 1. The normalized spacial score (nSPS) is 11.4. The lowest BCUT2D eigenvalue weighted by Crippen LogP contribution is -2.17. The van der Waals surface area contributed by atoms with E-state index in [1.807, 2.05) is 0 Å². The summed E-state index contributed by atoms with van der Waals surface area (Å²) < 4.78 is 40.6. The molecule has 0 atom stereocenters. The molecular weight excluding hydrogens is 367 g/mol. The van der Waals surface area contributed by atoms with Crippen LogP contribution in [0.15, 0.2) is 54.6 Å². The number of alkyl halides is 3. The highest BCUT2D eigenvalue weighted by atomic mass is 35.5. The summed E-state index contributed by atoms with van der Waals surface area (Å²) in [5, 5.41) is 6.67. The Morgan fingerprint density at radius 3 is 2.23 bits per heavy atom. The van der Waals surface area contributed by atoms with Crippen LogP contribution in [-0.4, -0.2) is 22.7 Å². The van der Waals surface area contributed by atoms with E-state index in [-0.39, 0.29) is 11.6 Å². The second-order valence-electron chi connectivity index (χ2n) is 5.46. The Labute approximate surface area is 152 Å². The minimum absolute atomic E-state index is 0.265. The minimum atomic E-state index is -4.57. The van der Waals surface area contributed by atoms with Gasteiger partial charge in [-0.25, -0.2) is 4.68 Å². The molecule has 0 spiro atoms. The summed E-state index contributed by atoms with van der Waals surface area (Å²) >= 11 is 5.85. The molecule has 4 nitrogen and oxygen atoms in total. The van der Waals surface area contributed by atoms with E-state index in [9.17, 15) is 18.0 Å². The van der Waals surface area contributed by atoms with E-state index >= 15 is 0 Å². The molecule has 2 aromatic carbocycles. The lowest BCUT2D eigenvalue weighted by molar-refractivity contribution is -0.141. The summed E-state index contributed by atoms with van der Waals surface area (Å²) in [6, 6.07) is 13.5. The lowest BCUT2D eigenvalue weighted by atomic mass is 10.1. The highest BCUT2D eigenvalue weighted by Crippen LogP contribution is 2.33. The molecule has 0 bridgehead atoms. The fourth-order valence-corrected chi connectivity index (χ4v) is 2.57. The van der Waals surface area contributed by atoms with Gasteiger partial charge in [-0.3, -0.25) is 4.79 Å². The second-order valence-corrected chi connectivity index (χ2v) is 5.89. The summed E-state index contributed by atoms with van der Waals surface area (Å²) in [7, 11) is 1.50. The first-order valence-electron chi connectivity index (χ1n) is 7.55. The smallest absolute Gasteiger partial charge is 0.355 e. The quantitative estimate of drug-likeness (QED) is 0.724. The molecule has 0 aliphatic rings. The molecule has 0 saturated heterocycles. The van der Waals surface area contributed by atoms with Crippen LogP contribution in [0.5, 0.6) is 0 Å². The monoisotopic (exact) mass is 379 g/mol. The van der Waals surface area contributed by atoms with Crippen molar-refractivity contribution in [2.24, 2.45) is 0 Å². The number of amides is 1. The number of benzene rings is 2. The average Bonchev–Trinajstić information content (AvgIpc) is 3.07. The van der Waals surface area contributed by atoms with Crippen molar-refractivity contribution in [2.75, 3.05) is 7.05 Å². The van der Waals surface area contributed by atoms with Crippen molar-refractivity contribution in [3.63, 3.8) is 0 Å². The first-order valence-corrected chi connectivity index (χ1v) is 7.93. The van der Waals surface area contributed by atoms with Gasteiger partial charge in [0, 0.05) is 23.2 Å². The van der Waals surface area contributed by atoms with E-state index in [2.05, 4.69) is 10.4 Å². The number of halogens is 4. The van der Waals surface area contributed by atoms with E-state index in [1.54, 1.807) is 24.3 Å². The average molecular weight is 380 g/mol. The summed E-state index contributed by atoms with van der Waals surface area (Å²) in [5.41, 5.74) is 0.595. The Morgan fingerprint density at radius 2 is 1.69 bits per heavy atom. The van der Waals surface area contributed by atoms with Crippen molar-refractivity contribution >= 4 is 17.5 Å². The van der Waals surface area contributed by atoms with E-state index in [0.29, 0.717) is 21.8 Å². The van der Waals surface area contributed by atoms with Gasteiger partial charge in [0.2, 0.25) is 0 Å². The van der Waals surface area contributed by atoms with E-state index in [0.717, 1.165) is 6.07 Å². The Bertz CT molecular complexity index is 932. The first kappa shape index (κ1) is 18.0. The molecule has 0 aliphatic carbocycles. The van der Waals surface area contributed by atoms with Crippen LogP contribution in [0.4, 0.5) is 13.2 Å². The lowest BCUT2D eigenvalue weighted by Gasteiger charge is -2.09. The molecule has 0 unspecified atom stereocenters. The Hall–Kier alpha value is -2.80. The Morgan fingerprint density at radius 1 is 1.08 bits per heavy atom. The zero-order valence-electron chi connectivity index (χ0n) is 13.5. The summed E-state index contributed by atoms with van der Waals surface area (Å²) in [6.45, 7) is 0. The molecule has 3 rings (SSSR count). The number of nitrogens with zero attached hydrogens (tertiary/aromatic N) is 2. The van der Waals surface area contributed by atoms with Crippen LogP contribution in [0.3, 0.4) is 0 Å². The van der Waals surface area contributed by atoms with Crippen LogP contribution in [-0.2, 0) is 6.18 Å². The SMILES string of the molecule is CNC(=O)c1ccc(-n2nc(C(F)(F)F)cc2-c2ccc(Cl)cc2)cc1. The predicted octanol–water partition coefficient (Wildman–Crippen LogP) is 4.57. The zero-order valence-corrected chi connectivity index (χ0v) is 14.3. The molecule has 8 heteroatoms. The highest BCUT2D eigenvalue weighted by Gasteiger charge is 2.35. The van der Waals surface area contributed by atoms with Gasteiger partial charge in [0.1, 0.15) is 0 Å². The van der Waals surface area contributed by atoms with Crippen LogP contribution in [0.25, 0.3) is 16.9 Å². The molecule has 0 fully saturated rings. The molecule has 0 radical (unpaired) electrons. The van der Waals surface area contributed by atoms with Gasteiger partial charge in [-0.1, -0.05) is 23.7 Å². The largest absolute Gasteiger partial charge is 0.435 e. The van der Waals surface area contributed by atoms with E-state index in [4.69, 9.17) is 11.6 Å². The fourth-order valence-electron chi connectivity index (χ4n) is 2.44. The molecule has 1 amide bonds. The fraction of sp³-hybridized carbons (Fsp3) is 0.111. The standard InChI is InChI=1S/C18H13ClF3N3O/c1-23-17(26)12-4-8-14(9-5-12)25-15(10-16(24-25)18(20,21)22)11-2-6-13(19)7-3-11/h2-10H,1H3,(H,23,26). The molecule has 0 aliphatic heterocycles. The van der Waals surface area contributed by atoms with Crippen molar-refractivity contribution in [1.29, 1.82) is 0 Å². The maximum absolute atomic E-state index is 13.1. The van der Waals surface area contributed by atoms with Crippen LogP contribution < -0.4 is 5.32 Å². The third kappa shape index (κ3) is 3.57. The van der Waals surface area contributed by atoms with Gasteiger partial charge in [0.05, 0.1) is 11.4 Å². The third-order valence-corrected chi connectivity index (χ3v) is 3.99. The third-order valence-electron chi connectivity index (χ3n) is 3.74. The van der Waals surface area contributed by atoms with Crippen LogP contribution in [0, 0.1) is 0 Å². The van der Waals surface area contributed by atoms with Gasteiger partial charge in [-0.2, -0.15) is 18.3 Å². The molecule has 3 aromatic rings. The number of aromatic nitrogens is 2. The highest BCUT2D eigenvalue weighted by molar-refractivity contribution is 6.30. The molecular formula is C18H13ClF3N3O. The second kappa shape index (κ2) is 6.84. The number of hydrogen-bond donors (Lipinski definition) is 1. The number of hydrogen-bond acceptors (Lipinski definition) is 2. The van der Waals surface area contributed by atoms with Gasteiger partial charge in [0.15, 0.2) is 5.69 Å². The van der Waals surface area contributed by atoms with E-state index in [1.165, 1.54) is 36.0 Å². The van der Waals surface area contributed by atoms with Crippen molar-refractivity contribution in [1.82, 2.24) is 15.1 Å². The van der Waals surface area contributed by atoms with Crippen LogP contribution in [0.1, 0.15) is 16.1 Å². The van der Waals surface area contributed by atoms with Crippen molar-refractivity contribution < 1.29 is 18.0 Å². The first-order chi connectivity index (χ1) is 12.3. The Kier molecular flexibility index (Phi) is 4.73. The molecule has 134 valence electrons. The van der Waals surface area contributed by atoms with Gasteiger partial charge < -0.3 is 5.32 Å². The summed E-state index contributed by atoms with van der Waals surface area (Å²) in [6.07, 6.45) is -4.57. The Balaban J connectivity index is 2.11. The molecule has 26 heavy (non-hydrogen) atoms. The van der Waals surface area contributed by atoms with Crippen molar-refractivity contribution in [2.45, 2.75) is 6.18 Å². The molecule has 1 heterocycles. The molecule has 1 aromatic heterocycles. The van der Waals surface area contributed by atoms with Crippen LogP contribution in [0.2, 0.25) is 5.02 Å². The number of rotatable bonds is 3. The van der Waals surface area contributed by atoms with Gasteiger partial charge in [-0.05, 0) is 42.5 Å². The maximum Gasteiger partial charge on any atom is 0.435 e. The van der Waals surface area contributed by atoms with E-state index < -0.39 is 11.9 Å². The summed E-state index contributed by atoms with van der Waals surface area (Å²) in [5.74, 6) is -0.286. The van der Waals surface area contributed by atoms with Gasteiger partial charge in [-0.15, -0.1) is 0 Å². The maximum atomic E-state index is 13.1. The van der Waals surface area contributed by atoms with Crippen LogP contribution >= 0.6 is 11.6 Å². The van der Waals surface area contributed by atoms with Gasteiger partial charge >= 0.3 is 6.18 Å². The number of carbonyl (C=O) groups excluding carboxylic acids is 1. The molecule has 0 saturated carbocycles. The van der Waals surface area contributed by atoms with Gasteiger partial charge in [0.25, 0.3) is 5.91 Å².